The van der Waals surface area contributed by atoms with Gasteiger partial charge in [0.15, 0.2) is 6.17 Å². The van der Waals surface area contributed by atoms with Gasteiger partial charge in [-0.1, -0.05) is 146 Å². The molecule has 1 aliphatic heterocycles. The van der Waals surface area contributed by atoms with Crippen molar-refractivity contribution in [2.24, 2.45) is 9.98 Å². The van der Waals surface area contributed by atoms with E-state index in [4.69, 9.17) is 20.1 Å². The second-order valence-corrected chi connectivity index (χ2v) is 13.2. The predicted octanol–water partition coefficient (Wildman–Crippen LogP) is 10.0. The average Bonchev–Trinajstić information content (AvgIpc) is 3.72. The standard InChI is InChI=1S/C46H32N4O/c47-33-22-14-21-32(27-33)46(31-19-8-3-9-20-31)37-25-12-10-23-34(37)40-38(46)28-36(42-41(40)35-24-11-13-26-39(35)51-42)45-49-43(29-15-4-1-5-16-29)48-44(50-45)30-17-6-2-7-18-30/h1-28,45H,47H2,(H,48,49,50). The normalized spacial score (nSPS) is 16.7. The SMILES string of the molecule is Nc1cccc(C2(c3ccccc3)c3ccccc3-c3c2cc(C2N=C(c4ccccc4)NC(c4ccccc4)=N2)c2oc4ccccc4c32)c1. The minimum atomic E-state index is -0.672. The van der Waals surface area contributed by atoms with Gasteiger partial charge in [0.2, 0.25) is 0 Å². The summed E-state index contributed by atoms with van der Waals surface area (Å²) in [7, 11) is 0. The van der Waals surface area contributed by atoms with Crippen molar-refractivity contribution in [3.8, 4) is 11.1 Å². The van der Waals surface area contributed by atoms with Crippen LogP contribution >= 0.6 is 0 Å². The summed E-state index contributed by atoms with van der Waals surface area (Å²) in [4.78, 5) is 10.7. The summed E-state index contributed by atoms with van der Waals surface area (Å²) in [6, 6.07) is 59.0. The first-order valence-electron chi connectivity index (χ1n) is 17.2. The van der Waals surface area contributed by atoms with E-state index in [1.54, 1.807) is 0 Å². The number of para-hydroxylation sites is 1. The number of nitrogen functional groups attached to an aromatic ring is 1. The maximum absolute atomic E-state index is 6.88. The maximum atomic E-state index is 6.88. The summed E-state index contributed by atoms with van der Waals surface area (Å²) in [6.45, 7) is 0. The van der Waals surface area contributed by atoms with Gasteiger partial charge in [0.1, 0.15) is 22.8 Å². The van der Waals surface area contributed by atoms with Crippen LogP contribution in [0.25, 0.3) is 33.1 Å². The minimum absolute atomic E-state index is 0.594. The fourth-order valence-corrected chi connectivity index (χ4v) is 8.19. The number of hydrogen-bond donors (Lipinski definition) is 2. The highest BCUT2D eigenvalue weighted by Gasteiger charge is 2.48. The molecule has 0 spiro atoms. The Bertz CT molecular complexity index is 2620. The molecule has 1 unspecified atom stereocenters. The fourth-order valence-electron chi connectivity index (χ4n) is 8.19. The molecule has 0 bridgehead atoms. The van der Waals surface area contributed by atoms with E-state index in [1.165, 1.54) is 11.1 Å². The zero-order valence-corrected chi connectivity index (χ0v) is 27.6. The number of rotatable bonds is 5. The number of fused-ring (bicyclic) bond motifs is 7. The number of amidine groups is 2. The molecule has 0 amide bonds. The Hall–Kier alpha value is -6.72. The Labute approximate surface area is 295 Å². The fraction of sp³-hybridized carbons (Fsp3) is 0.0435. The average molecular weight is 657 g/mol. The van der Waals surface area contributed by atoms with E-state index < -0.39 is 11.6 Å². The molecule has 51 heavy (non-hydrogen) atoms. The molecule has 2 heterocycles. The molecule has 0 radical (unpaired) electrons. The first-order valence-corrected chi connectivity index (χ1v) is 17.2. The molecule has 1 aliphatic carbocycles. The van der Waals surface area contributed by atoms with Crippen LogP contribution in [0.2, 0.25) is 0 Å². The molecule has 0 saturated heterocycles. The summed E-state index contributed by atoms with van der Waals surface area (Å²) in [6.07, 6.45) is -0.594. The summed E-state index contributed by atoms with van der Waals surface area (Å²) in [5, 5.41) is 5.69. The quantitative estimate of drug-likeness (QED) is 0.181. The molecule has 242 valence electrons. The summed E-state index contributed by atoms with van der Waals surface area (Å²) < 4.78 is 6.88. The van der Waals surface area contributed by atoms with Crippen molar-refractivity contribution in [1.29, 1.82) is 0 Å². The number of hydrogen-bond acceptors (Lipinski definition) is 5. The van der Waals surface area contributed by atoms with Crippen LogP contribution in [-0.4, -0.2) is 11.7 Å². The Balaban J connectivity index is 1.35. The number of furan rings is 1. The van der Waals surface area contributed by atoms with Crippen molar-refractivity contribution >= 4 is 39.3 Å². The molecule has 0 saturated carbocycles. The Morgan fingerprint density at radius 3 is 1.88 bits per heavy atom. The molecule has 8 aromatic rings. The molecule has 5 heteroatoms. The van der Waals surface area contributed by atoms with Gasteiger partial charge in [0, 0.05) is 33.2 Å². The topological polar surface area (TPSA) is 75.9 Å². The molecule has 10 rings (SSSR count). The van der Waals surface area contributed by atoms with Crippen molar-refractivity contribution in [3.63, 3.8) is 0 Å². The van der Waals surface area contributed by atoms with E-state index in [0.717, 1.165) is 78.2 Å². The molecule has 5 nitrogen and oxygen atoms in total. The van der Waals surface area contributed by atoms with E-state index in [-0.39, 0.29) is 0 Å². The lowest BCUT2D eigenvalue weighted by molar-refractivity contribution is 0.647. The minimum Gasteiger partial charge on any atom is -0.456 e. The molecule has 3 N–H and O–H groups in total. The lowest BCUT2D eigenvalue weighted by Crippen LogP contribution is -2.36. The highest BCUT2D eigenvalue weighted by molar-refractivity contribution is 6.18. The van der Waals surface area contributed by atoms with Crippen LogP contribution in [0, 0.1) is 0 Å². The lowest BCUT2D eigenvalue weighted by atomic mass is 9.67. The first kappa shape index (κ1) is 29.2. The number of nitrogens with one attached hydrogen (secondary N) is 1. The van der Waals surface area contributed by atoms with Crippen molar-refractivity contribution in [2.75, 3.05) is 5.73 Å². The highest BCUT2D eigenvalue weighted by Crippen LogP contribution is 2.60. The molecule has 0 fully saturated rings. The van der Waals surface area contributed by atoms with Gasteiger partial charge in [-0.25, -0.2) is 9.98 Å². The van der Waals surface area contributed by atoms with Crippen LogP contribution < -0.4 is 11.1 Å². The monoisotopic (exact) mass is 656 g/mol. The van der Waals surface area contributed by atoms with Crippen molar-refractivity contribution < 1.29 is 4.42 Å². The molecule has 1 aromatic heterocycles. The van der Waals surface area contributed by atoms with Gasteiger partial charge in [-0.05, 0) is 57.6 Å². The van der Waals surface area contributed by atoms with E-state index in [1.807, 2.05) is 48.5 Å². The van der Waals surface area contributed by atoms with Crippen molar-refractivity contribution in [1.82, 2.24) is 5.32 Å². The molecule has 1 atom stereocenters. The third-order valence-electron chi connectivity index (χ3n) is 10.3. The van der Waals surface area contributed by atoms with Gasteiger partial charge in [-0.2, -0.15) is 0 Å². The van der Waals surface area contributed by atoms with Crippen LogP contribution in [0.15, 0.2) is 184 Å². The molecule has 7 aromatic carbocycles. The predicted molar refractivity (Wildman–Crippen MR) is 207 cm³/mol. The molecule has 2 aliphatic rings. The van der Waals surface area contributed by atoms with Crippen LogP contribution in [0.4, 0.5) is 5.69 Å². The third-order valence-corrected chi connectivity index (χ3v) is 10.3. The van der Waals surface area contributed by atoms with Crippen LogP contribution in [0.1, 0.15) is 45.1 Å². The van der Waals surface area contributed by atoms with Crippen LogP contribution in [-0.2, 0) is 5.41 Å². The van der Waals surface area contributed by atoms with E-state index in [0.29, 0.717) is 0 Å². The van der Waals surface area contributed by atoms with Crippen molar-refractivity contribution in [3.05, 3.63) is 209 Å². The smallest absolute Gasteiger partial charge is 0.173 e. The molecular weight excluding hydrogens is 625 g/mol. The van der Waals surface area contributed by atoms with Gasteiger partial charge in [-0.3, -0.25) is 0 Å². The maximum Gasteiger partial charge on any atom is 0.173 e. The second kappa shape index (κ2) is 11.4. The number of aliphatic imine (C=N–C) groups is 2. The summed E-state index contributed by atoms with van der Waals surface area (Å²) in [5.41, 5.74) is 18.1. The number of nitrogens with zero attached hydrogens (tertiary/aromatic N) is 2. The van der Waals surface area contributed by atoms with E-state index >= 15 is 0 Å². The summed E-state index contributed by atoms with van der Waals surface area (Å²) >= 11 is 0. The van der Waals surface area contributed by atoms with Gasteiger partial charge in [-0.15, -0.1) is 0 Å². The van der Waals surface area contributed by atoms with Gasteiger partial charge in [0.05, 0.1) is 5.41 Å². The van der Waals surface area contributed by atoms with Gasteiger partial charge >= 0.3 is 0 Å². The summed E-state index contributed by atoms with van der Waals surface area (Å²) in [5.74, 6) is 1.51. The van der Waals surface area contributed by atoms with Gasteiger partial charge in [0.25, 0.3) is 0 Å². The van der Waals surface area contributed by atoms with Gasteiger partial charge < -0.3 is 15.5 Å². The number of anilines is 1. The van der Waals surface area contributed by atoms with Crippen LogP contribution in [0.5, 0.6) is 0 Å². The van der Waals surface area contributed by atoms with E-state index in [2.05, 4.69) is 127 Å². The number of benzene rings is 7. The first-order chi connectivity index (χ1) is 25.2. The highest BCUT2D eigenvalue weighted by atomic mass is 16.3. The number of nitrogens with two attached hydrogens (primary N) is 1. The lowest BCUT2D eigenvalue weighted by Gasteiger charge is -2.34. The zero-order chi connectivity index (χ0) is 33.9. The Morgan fingerprint density at radius 2 is 1.18 bits per heavy atom. The Morgan fingerprint density at radius 1 is 0.569 bits per heavy atom. The van der Waals surface area contributed by atoms with Crippen LogP contribution in [0.3, 0.4) is 0 Å². The second-order valence-electron chi connectivity index (χ2n) is 13.2. The Kier molecular flexibility index (Phi) is 6.55. The van der Waals surface area contributed by atoms with E-state index in [9.17, 15) is 0 Å². The molecular formula is C46H32N4O. The largest absolute Gasteiger partial charge is 0.456 e. The zero-order valence-electron chi connectivity index (χ0n) is 27.6. The van der Waals surface area contributed by atoms with Crippen molar-refractivity contribution in [2.45, 2.75) is 11.6 Å². The third kappa shape index (κ3) is 4.41.